The van der Waals surface area contributed by atoms with Gasteiger partial charge in [-0.15, -0.1) is 22.7 Å². The van der Waals surface area contributed by atoms with E-state index in [2.05, 4.69) is 26.7 Å². The summed E-state index contributed by atoms with van der Waals surface area (Å²) < 4.78 is 0. The van der Waals surface area contributed by atoms with Gasteiger partial charge in [-0.2, -0.15) is 0 Å². The van der Waals surface area contributed by atoms with Crippen LogP contribution in [0.3, 0.4) is 0 Å². The Kier molecular flexibility index (Phi) is 4.94. The van der Waals surface area contributed by atoms with Crippen LogP contribution in [0.2, 0.25) is 0 Å². The van der Waals surface area contributed by atoms with E-state index >= 15 is 0 Å². The SMILES string of the molecule is C[C@@H]1CCc2c(sc3nc(CCN4CCN(c5nccs5)CC4)nc(N)c23)C1. The first-order valence-corrected chi connectivity index (χ1v) is 11.8. The van der Waals surface area contributed by atoms with Crippen LogP contribution in [-0.2, 0) is 19.3 Å². The molecule has 0 radical (unpaired) electrons. The second-order valence-electron chi connectivity index (χ2n) is 7.95. The van der Waals surface area contributed by atoms with Crippen molar-refractivity contribution in [2.24, 2.45) is 5.92 Å². The largest absolute Gasteiger partial charge is 0.383 e. The fourth-order valence-electron chi connectivity index (χ4n) is 4.32. The number of fused-ring (bicyclic) bond motifs is 3. The number of thiophene rings is 1. The summed E-state index contributed by atoms with van der Waals surface area (Å²) in [5.41, 5.74) is 7.79. The maximum Gasteiger partial charge on any atom is 0.185 e. The predicted molar refractivity (Wildman–Crippen MR) is 117 cm³/mol. The van der Waals surface area contributed by atoms with Crippen molar-refractivity contribution in [3.05, 3.63) is 27.8 Å². The Morgan fingerprint density at radius 2 is 2.07 bits per heavy atom. The van der Waals surface area contributed by atoms with Gasteiger partial charge in [0.1, 0.15) is 16.5 Å². The van der Waals surface area contributed by atoms with Crippen LogP contribution in [0.25, 0.3) is 10.2 Å². The van der Waals surface area contributed by atoms with Gasteiger partial charge in [0, 0.05) is 55.6 Å². The fourth-order valence-corrected chi connectivity index (χ4v) is 6.43. The van der Waals surface area contributed by atoms with E-state index in [-0.39, 0.29) is 0 Å². The monoisotopic (exact) mass is 414 g/mol. The summed E-state index contributed by atoms with van der Waals surface area (Å²) in [6.45, 7) is 7.50. The molecule has 0 aromatic carbocycles. The number of hydrogen-bond donors (Lipinski definition) is 1. The van der Waals surface area contributed by atoms with Crippen molar-refractivity contribution in [3.8, 4) is 0 Å². The van der Waals surface area contributed by atoms with E-state index in [1.807, 2.05) is 22.9 Å². The van der Waals surface area contributed by atoms with Crippen molar-refractivity contribution in [1.82, 2.24) is 19.9 Å². The van der Waals surface area contributed by atoms with Crippen LogP contribution in [0.15, 0.2) is 11.6 Å². The maximum absolute atomic E-state index is 6.37. The van der Waals surface area contributed by atoms with Gasteiger partial charge in [0.05, 0.1) is 5.39 Å². The molecule has 1 aliphatic heterocycles. The number of nitrogen functional groups attached to an aromatic ring is 1. The van der Waals surface area contributed by atoms with Crippen molar-refractivity contribution in [2.75, 3.05) is 43.4 Å². The van der Waals surface area contributed by atoms with E-state index < -0.39 is 0 Å². The summed E-state index contributed by atoms with van der Waals surface area (Å²) in [5.74, 6) is 2.33. The standard InChI is InChI=1S/C20H26N6S2/c1-13-2-3-14-15(12-13)28-19-17(14)18(21)23-16(24-19)4-6-25-7-9-26(10-8-25)20-22-5-11-27-20/h5,11,13H,2-4,6-10,12H2,1H3,(H2,21,23,24)/t13-/m1/s1. The molecule has 1 fully saturated rings. The molecule has 8 heteroatoms. The number of thiazole rings is 1. The third-order valence-corrected chi connectivity index (χ3v) is 7.92. The van der Waals surface area contributed by atoms with Gasteiger partial charge >= 0.3 is 0 Å². The fraction of sp³-hybridized carbons (Fsp3) is 0.550. The lowest BCUT2D eigenvalue weighted by molar-refractivity contribution is 0.259. The second kappa shape index (κ2) is 7.57. The number of aryl methyl sites for hydroxylation is 1. The number of nitrogens with zero attached hydrogens (tertiary/aromatic N) is 5. The minimum atomic E-state index is 0.681. The normalized spacial score (nSPS) is 20.6. The molecule has 6 nitrogen and oxygen atoms in total. The number of nitrogens with two attached hydrogens (primary N) is 1. The topological polar surface area (TPSA) is 71.2 Å². The van der Waals surface area contributed by atoms with Gasteiger partial charge in [0.25, 0.3) is 0 Å². The zero-order valence-corrected chi connectivity index (χ0v) is 17.9. The highest BCUT2D eigenvalue weighted by atomic mass is 32.1. The Morgan fingerprint density at radius 3 is 2.86 bits per heavy atom. The first-order chi connectivity index (χ1) is 13.7. The molecule has 1 atom stereocenters. The summed E-state index contributed by atoms with van der Waals surface area (Å²) >= 11 is 3.55. The number of hydrogen-bond acceptors (Lipinski definition) is 8. The average Bonchev–Trinajstić information content (AvgIpc) is 3.34. The van der Waals surface area contributed by atoms with Gasteiger partial charge in [-0.3, -0.25) is 4.90 Å². The molecule has 0 spiro atoms. The first-order valence-electron chi connectivity index (χ1n) is 10.1. The van der Waals surface area contributed by atoms with Gasteiger partial charge in [-0.05, 0) is 30.7 Å². The zero-order chi connectivity index (χ0) is 19.1. The Hall–Kier alpha value is -1.77. The van der Waals surface area contributed by atoms with Crippen LogP contribution < -0.4 is 10.6 Å². The van der Waals surface area contributed by atoms with Gasteiger partial charge in [-0.25, -0.2) is 15.0 Å². The van der Waals surface area contributed by atoms with E-state index in [9.17, 15) is 0 Å². The average molecular weight is 415 g/mol. The minimum Gasteiger partial charge on any atom is -0.383 e. The van der Waals surface area contributed by atoms with E-state index in [0.29, 0.717) is 5.82 Å². The van der Waals surface area contributed by atoms with Gasteiger partial charge in [-0.1, -0.05) is 6.92 Å². The third kappa shape index (κ3) is 3.49. The highest BCUT2D eigenvalue weighted by molar-refractivity contribution is 7.19. The van der Waals surface area contributed by atoms with E-state index in [0.717, 1.165) is 79.1 Å². The van der Waals surface area contributed by atoms with Crippen molar-refractivity contribution in [3.63, 3.8) is 0 Å². The molecule has 28 heavy (non-hydrogen) atoms. The molecule has 3 aromatic heterocycles. The first kappa shape index (κ1) is 18.3. The smallest absolute Gasteiger partial charge is 0.185 e. The highest BCUT2D eigenvalue weighted by Gasteiger charge is 2.24. The molecule has 148 valence electrons. The molecular weight excluding hydrogens is 388 g/mol. The maximum atomic E-state index is 6.37. The molecular formula is C20H26N6S2. The van der Waals surface area contributed by atoms with Crippen molar-refractivity contribution in [2.45, 2.75) is 32.6 Å². The molecule has 0 saturated carbocycles. The zero-order valence-electron chi connectivity index (χ0n) is 16.2. The summed E-state index contributed by atoms with van der Waals surface area (Å²) in [7, 11) is 0. The van der Waals surface area contributed by atoms with Crippen LogP contribution in [0.1, 0.15) is 29.6 Å². The minimum absolute atomic E-state index is 0.681. The Labute approximate surface area is 173 Å². The molecule has 1 aliphatic carbocycles. The van der Waals surface area contributed by atoms with Crippen LogP contribution in [0.5, 0.6) is 0 Å². The van der Waals surface area contributed by atoms with Crippen molar-refractivity contribution < 1.29 is 0 Å². The van der Waals surface area contributed by atoms with E-state index in [1.165, 1.54) is 16.9 Å². The number of aromatic nitrogens is 3. The number of rotatable bonds is 4. The molecule has 1 saturated heterocycles. The summed E-state index contributed by atoms with van der Waals surface area (Å²) in [6.07, 6.45) is 6.26. The Morgan fingerprint density at radius 1 is 1.21 bits per heavy atom. The molecule has 2 aliphatic rings. The number of piperazine rings is 1. The van der Waals surface area contributed by atoms with E-state index in [1.54, 1.807) is 11.3 Å². The third-order valence-electron chi connectivity index (χ3n) is 5.94. The predicted octanol–water partition coefficient (Wildman–Crippen LogP) is 3.22. The Bertz CT molecular complexity index is 959. The van der Waals surface area contributed by atoms with Crippen LogP contribution in [-0.4, -0.2) is 52.6 Å². The van der Waals surface area contributed by atoms with Gasteiger partial charge in [0.15, 0.2) is 5.13 Å². The summed E-state index contributed by atoms with van der Waals surface area (Å²) in [5, 5.41) is 4.31. The molecule has 2 N–H and O–H groups in total. The summed E-state index contributed by atoms with van der Waals surface area (Å²) in [4.78, 5) is 21.4. The number of anilines is 2. The molecule has 3 aromatic rings. The van der Waals surface area contributed by atoms with Gasteiger partial charge in [0.2, 0.25) is 0 Å². The van der Waals surface area contributed by atoms with Crippen LogP contribution in [0, 0.1) is 5.92 Å². The second-order valence-corrected chi connectivity index (χ2v) is 9.91. The highest BCUT2D eigenvalue weighted by Crippen LogP contribution is 2.39. The molecule has 0 unspecified atom stereocenters. The van der Waals surface area contributed by atoms with Crippen molar-refractivity contribution in [1.29, 1.82) is 0 Å². The molecule has 4 heterocycles. The lowest BCUT2D eigenvalue weighted by Gasteiger charge is -2.34. The lowest BCUT2D eigenvalue weighted by Crippen LogP contribution is -2.47. The van der Waals surface area contributed by atoms with Crippen LogP contribution >= 0.6 is 22.7 Å². The Balaban J connectivity index is 1.25. The van der Waals surface area contributed by atoms with Crippen LogP contribution in [0.4, 0.5) is 10.9 Å². The summed E-state index contributed by atoms with van der Waals surface area (Å²) in [6, 6.07) is 0. The quantitative estimate of drug-likeness (QED) is 0.707. The molecule has 5 rings (SSSR count). The van der Waals surface area contributed by atoms with Crippen molar-refractivity contribution >= 4 is 43.8 Å². The lowest BCUT2D eigenvalue weighted by atomic mass is 9.89. The molecule has 0 bridgehead atoms. The van der Waals surface area contributed by atoms with Gasteiger partial charge < -0.3 is 10.6 Å². The molecule has 0 amide bonds. The van der Waals surface area contributed by atoms with E-state index in [4.69, 9.17) is 10.7 Å².